The lowest BCUT2D eigenvalue weighted by atomic mass is 10.1. The summed E-state index contributed by atoms with van der Waals surface area (Å²) in [4.78, 5) is 0. The van der Waals surface area contributed by atoms with E-state index >= 15 is 0 Å². The summed E-state index contributed by atoms with van der Waals surface area (Å²) in [6.07, 6.45) is -3.44. The molecule has 130 valence electrons. The van der Waals surface area contributed by atoms with Gasteiger partial charge in [-0.3, -0.25) is 0 Å². The standard InChI is InChI=1S/C18H11F5O2/c1-10-4-5-16(12(7-10)15-3-2-6-24-15)25-17-13(19)8-11(9-14(17)20)18(21,22)23/h2-9H,1H3. The van der Waals surface area contributed by atoms with Crippen molar-refractivity contribution in [2.24, 2.45) is 0 Å². The average molecular weight is 354 g/mol. The molecule has 0 amide bonds. The van der Waals surface area contributed by atoms with Crippen LogP contribution < -0.4 is 4.74 Å². The van der Waals surface area contributed by atoms with E-state index in [9.17, 15) is 22.0 Å². The lowest BCUT2D eigenvalue weighted by Crippen LogP contribution is -2.07. The fourth-order valence-corrected chi connectivity index (χ4v) is 2.29. The van der Waals surface area contributed by atoms with Crippen molar-refractivity contribution in [3.63, 3.8) is 0 Å². The molecule has 0 N–H and O–H groups in total. The number of hydrogen-bond donors (Lipinski definition) is 0. The van der Waals surface area contributed by atoms with Gasteiger partial charge in [0.15, 0.2) is 17.4 Å². The highest BCUT2D eigenvalue weighted by atomic mass is 19.4. The summed E-state index contributed by atoms with van der Waals surface area (Å²) < 4.78 is 76.3. The highest BCUT2D eigenvalue weighted by Crippen LogP contribution is 2.38. The van der Waals surface area contributed by atoms with E-state index in [1.807, 2.05) is 0 Å². The van der Waals surface area contributed by atoms with Gasteiger partial charge in [0.1, 0.15) is 11.5 Å². The monoisotopic (exact) mass is 354 g/mol. The van der Waals surface area contributed by atoms with Crippen LogP contribution in [0.5, 0.6) is 11.5 Å². The Balaban J connectivity index is 2.04. The molecule has 3 aromatic rings. The molecular weight excluding hydrogens is 343 g/mol. The maximum Gasteiger partial charge on any atom is 0.416 e. The van der Waals surface area contributed by atoms with Crippen LogP contribution in [-0.4, -0.2) is 0 Å². The van der Waals surface area contributed by atoms with Gasteiger partial charge in [0.2, 0.25) is 0 Å². The zero-order valence-electron chi connectivity index (χ0n) is 12.8. The van der Waals surface area contributed by atoms with Gasteiger partial charge in [-0.2, -0.15) is 13.2 Å². The minimum Gasteiger partial charge on any atom is -0.464 e. The van der Waals surface area contributed by atoms with Gasteiger partial charge in [-0.05, 0) is 43.3 Å². The first kappa shape index (κ1) is 17.0. The van der Waals surface area contributed by atoms with Crippen LogP contribution in [0, 0.1) is 18.6 Å². The Morgan fingerprint density at radius 2 is 1.64 bits per heavy atom. The lowest BCUT2D eigenvalue weighted by Gasteiger charge is -2.14. The van der Waals surface area contributed by atoms with E-state index in [0.29, 0.717) is 11.3 Å². The smallest absolute Gasteiger partial charge is 0.416 e. The van der Waals surface area contributed by atoms with Crippen LogP contribution in [0.4, 0.5) is 22.0 Å². The molecule has 0 aliphatic rings. The fraction of sp³-hybridized carbons (Fsp3) is 0.111. The molecule has 2 nitrogen and oxygen atoms in total. The number of rotatable bonds is 3. The number of furan rings is 1. The summed E-state index contributed by atoms with van der Waals surface area (Å²) in [6.45, 7) is 1.80. The number of alkyl halides is 3. The molecule has 1 heterocycles. The zero-order valence-corrected chi connectivity index (χ0v) is 12.8. The maximum atomic E-state index is 14.0. The van der Waals surface area contributed by atoms with Crippen LogP contribution in [0.3, 0.4) is 0 Å². The van der Waals surface area contributed by atoms with Gasteiger partial charge >= 0.3 is 6.18 Å². The van der Waals surface area contributed by atoms with Gasteiger partial charge in [-0.15, -0.1) is 0 Å². The summed E-state index contributed by atoms with van der Waals surface area (Å²) >= 11 is 0. The molecule has 0 spiro atoms. The van der Waals surface area contributed by atoms with Gasteiger partial charge in [0, 0.05) is 0 Å². The molecule has 0 fully saturated rings. The van der Waals surface area contributed by atoms with Crippen molar-refractivity contribution in [2.45, 2.75) is 13.1 Å². The topological polar surface area (TPSA) is 22.4 Å². The van der Waals surface area contributed by atoms with Crippen LogP contribution in [0.25, 0.3) is 11.3 Å². The van der Waals surface area contributed by atoms with Gasteiger partial charge < -0.3 is 9.15 Å². The van der Waals surface area contributed by atoms with Crippen LogP contribution in [0.2, 0.25) is 0 Å². The third kappa shape index (κ3) is 3.50. The molecule has 0 aliphatic carbocycles. The maximum absolute atomic E-state index is 14.0. The van der Waals surface area contributed by atoms with Gasteiger partial charge in [0.05, 0.1) is 17.4 Å². The minimum absolute atomic E-state index is 0.0538. The zero-order chi connectivity index (χ0) is 18.2. The van der Waals surface area contributed by atoms with E-state index in [2.05, 4.69) is 0 Å². The predicted molar refractivity (Wildman–Crippen MR) is 80.3 cm³/mol. The van der Waals surface area contributed by atoms with Crippen molar-refractivity contribution in [1.29, 1.82) is 0 Å². The molecular formula is C18H11F5O2. The molecule has 0 aliphatic heterocycles. The Labute approximate surface area is 139 Å². The summed E-state index contributed by atoms with van der Waals surface area (Å²) in [5.41, 5.74) is -0.166. The van der Waals surface area contributed by atoms with Crippen molar-refractivity contribution < 1.29 is 31.1 Å². The summed E-state index contributed by atoms with van der Waals surface area (Å²) in [7, 11) is 0. The van der Waals surface area contributed by atoms with Crippen LogP contribution >= 0.6 is 0 Å². The molecule has 2 aromatic carbocycles. The number of ether oxygens (including phenoxy) is 1. The summed E-state index contributed by atoms with van der Waals surface area (Å²) in [5.74, 6) is -3.36. The van der Waals surface area contributed by atoms with E-state index in [1.165, 1.54) is 12.3 Å². The van der Waals surface area contributed by atoms with E-state index in [4.69, 9.17) is 9.15 Å². The second-order valence-electron chi connectivity index (χ2n) is 5.35. The molecule has 0 unspecified atom stereocenters. The molecule has 1 aromatic heterocycles. The van der Waals surface area contributed by atoms with Crippen molar-refractivity contribution in [3.8, 4) is 22.8 Å². The number of benzene rings is 2. The van der Waals surface area contributed by atoms with Crippen LogP contribution in [0.1, 0.15) is 11.1 Å². The number of halogens is 5. The number of aryl methyl sites for hydroxylation is 1. The normalized spacial score (nSPS) is 11.6. The Hall–Kier alpha value is -2.83. The summed E-state index contributed by atoms with van der Waals surface area (Å²) in [6, 6.07) is 8.42. The molecule has 25 heavy (non-hydrogen) atoms. The number of hydrogen-bond acceptors (Lipinski definition) is 2. The Morgan fingerprint density at radius 1 is 0.960 bits per heavy atom. The van der Waals surface area contributed by atoms with Crippen LogP contribution in [0.15, 0.2) is 53.1 Å². The van der Waals surface area contributed by atoms with Crippen molar-refractivity contribution in [2.75, 3.05) is 0 Å². The molecule has 7 heteroatoms. The predicted octanol–water partition coefficient (Wildman–Crippen LogP) is 6.34. The van der Waals surface area contributed by atoms with Crippen LogP contribution in [-0.2, 0) is 6.18 Å². The second-order valence-corrected chi connectivity index (χ2v) is 5.35. The first-order valence-corrected chi connectivity index (χ1v) is 7.14. The van der Waals surface area contributed by atoms with Crippen molar-refractivity contribution in [1.82, 2.24) is 0 Å². The van der Waals surface area contributed by atoms with Gasteiger partial charge in [0.25, 0.3) is 0 Å². The lowest BCUT2D eigenvalue weighted by molar-refractivity contribution is -0.138. The highest BCUT2D eigenvalue weighted by Gasteiger charge is 2.33. The van der Waals surface area contributed by atoms with Gasteiger partial charge in [-0.1, -0.05) is 11.6 Å². The third-order valence-corrected chi connectivity index (χ3v) is 3.46. The van der Waals surface area contributed by atoms with E-state index < -0.39 is 29.1 Å². The van der Waals surface area contributed by atoms with E-state index in [1.54, 1.807) is 31.2 Å². The first-order chi connectivity index (χ1) is 11.8. The summed E-state index contributed by atoms with van der Waals surface area (Å²) in [5, 5.41) is 0. The average Bonchev–Trinajstić information content (AvgIpc) is 3.05. The molecule has 3 rings (SSSR count). The first-order valence-electron chi connectivity index (χ1n) is 7.14. The van der Waals surface area contributed by atoms with Gasteiger partial charge in [-0.25, -0.2) is 8.78 Å². The molecule has 0 bridgehead atoms. The Morgan fingerprint density at radius 3 is 2.20 bits per heavy atom. The molecule has 0 saturated heterocycles. The van der Waals surface area contributed by atoms with E-state index in [0.717, 1.165) is 5.56 Å². The SMILES string of the molecule is Cc1ccc(Oc2c(F)cc(C(F)(F)F)cc2F)c(-c2ccco2)c1. The molecule has 0 saturated carbocycles. The molecule has 0 atom stereocenters. The Kier molecular flexibility index (Phi) is 4.24. The quantitative estimate of drug-likeness (QED) is 0.512. The minimum atomic E-state index is -4.86. The third-order valence-electron chi connectivity index (χ3n) is 3.46. The second kappa shape index (κ2) is 6.23. The highest BCUT2D eigenvalue weighted by molar-refractivity contribution is 5.67. The fourth-order valence-electron chi connectivity index (χ4n) is 2.29. The Bertz CT molecular complexity index is 875. The molecule has 0 radical (unpaired) electrons. The van der Waals surface area contributed by atoms with E-state index in [-0.39, 0.29) is 17.9 Å². The van der Waals surface area contributed by atoms with Crippen molar-refractivity contribution in [3.05, 3.63) is 71.5 Å². The van der Waals surface area contributed by atoms with Crippen molar-refractivity contribution >= 4 is 0 Å². The largest absolute Gasteiger partial charge is 0.464 e.